The quantitative estimate of drug-likeness (QED) is 0.724. The Bertz CT molecular complexity index is 268. The lowest BCUT2D eigenvalue weighted by Gasteiger charge is -2.33. The second kappa shape index (κ2) is 7.27. The SMILES string of the molecule is CCCC(=O)NC1CCCN(C(=O)CCN)C1. The highest BCUT2D eigenvalue weighted by Gasteiger charge is 2.23. The molecule has 0 aromatic heterocycles. The molecular formula is C12H23N3O2. The molecule has 0 aliphatic carbocycles. The molecule has 1 aliphatic heterocycles. The van der Waals surface area contributed by atoms with Crippen LogP contribution in [0.15, 0.2) is 0 Å². The van der Waals surface area contributed by atoms with Crippen molar-refractivity contribution >= 4 is 11.8 Å². The number of carbonyl (C=O) groups is 2. The number of piperidine rings is 1. The molecule has 17 heavy (non-hydrogen) atoms. The lowest BCUT2D eigenvalue weighted by molar-refractivity contribution is -0.133. The number of amides is 2. The molecule has 1 fully saturated rings. The molecule has 0 radical (unpaired) electrons. The fraction of sp³-hybridized carbons (Fsp3) is 0.833. The van der Waals surface area contributed by atoms with Crippen molar-refractivity contribution in [1.29, 1.82) is 0 Å². The smallest absolute Gasteiger partial charge is 0.223 e. The van der Waals surface area contributed by atoms with Crippen LogP contribution in [-0.4, -0.2) is 42.4 Å². The maximum Gasteiger partial charge on any atom is 0.223 e. The molecule has 98 valence electrons. The van der Waals surface area contributed by atoms with Crippen LogP contribution in [-0.2, 0) is 9.59 Å². The van der Waals surface area contributed by atoms with Gasteiger partial charge in [0.2, 0.25) is 11.8 Å². The Labute approximate surface area is 103 Å². The monoisotopic (exact) mass is 241 g/mol. The second-order valence-corrected chi connectivity index (χ2v) is 4.54. The number of carbonyl (C=O) groups excluding carboxylic acids is 2. The zero-order valence-corrected chi connectivity index (χ0v) is 10.6. The van der Waals surface area contributed by atoms with Crippen LogP contribution >= 0.6 is 0 Å². The molecule has 3 N–H and O–H groups in total. The van der Waals surface area contributed by atoms with Crippen molar-refractivity contribution in [3.8, 4) is 0 Å². The van der Waals surface area contributed by atoms with E-state index >= 15 is 0 Å². The first-order chi connectivity index (χ1) is 8.17. The Morgan fingerprint density at radius 2 is 2.18 bits per heavy atom. The van der Waals surface area contributed by atoms with Crippen LogP contribution in [0.5, 0.6) is 0 Å². The molecule has 0 saturated carbocycles. The summed E-state index contributed by atoms with van der Waals surface area (Å²) in [5.74, 6) is 0.188. The molecule has 2 amide bonds. The summed E-state index contributed by atoms with van der Waals surface area (Å²) in [5, 5.41) is 2.98. The summed E-state index contributed by atoms with van der Waals surface area (Å²) >= 11 is 0. The van der Waals surface area contributed by atoms with Gasteiger partial charge in [-0.3, -0.25) is 9.59 Å². The molecule has 5 nitrogen and oxygen atoms in total. The van der Waals surface area contributed by atoms with Gasteiger partial charge in [0.05, 0.1) is 0 Å². The van der Waals surface area contributed by atoms with E-state index in [0.29, 0.717) is 25.9 Å². The number of nitrogens with two attached hydrogens (primary N) is 1. The van der Waals surface area contributed by atoms with E-state index in [4.69, 9.17) is 5.73 Å². The van der Waals surface area contributed by atoms with Crippen molar-refractivity contribution < 1.29 is 9.59 Å². The van der Waals surface area contributed by atoms with Gasteiger partial charge in [0.25, 0.3) is 0 Å². The van der Waals surface area contributed by atoms with Gasteiger partial charge in [-0.25, -0.2) is 0 Å². The molecule has 0 aromatic carbocycles. The number of rotatable bonds is 5. The maximum atomic E-state index is 11.7. The van der Waals surface area contributed by atoms with Gasteiger partial charge in [0, 0.05) is 38.5 Å². The average molecular weight is 241 g/mol. The number of nitrogens with zero attached hydrogens (tertiary/aromatic N) is 1. The molecule has 1 rings (SSSR count). The molecule has 0 aromatic rings. The van der Waals surface area contributed by atoms with Gasteiger partial charge < -0.3 is 16.0 Å². The minimum Gasteiger partial charge on any atom is -0.352 e. The first kappa shape index (κ1) is 14.0. The van der Waals surface area contributed by atoms with E-state index in [9.17, 15) is 9.59 Å². The van der Waals surface area contributed by atoms with Crippen molar-refractivity contribution in [2.75, 3.05) is 19.6 Å². The van der Waals surface area contributed by atoms with E-state index in [1.807, 2.05) is 11.8 Å². The van der Waals surface area contributed by atoms with Gasteiger partial charge in [-0.05, 0) is 19.3 Å². The molecule has 0 spiro atoms. The molecular weight excluding hydrogens is 218 g/mol. The third-order valence-electron chi connectivity index (χ3n) is 2.97. The summed E-state index contributed by atoms with van der Waals surface area (Å²) in [6.45, 7) is 3.80. The number of hydrogen-bond donors (Lipinski definition) is 2. The average Bonchev–Trinajstić information content (AvgIpc) is 2.30. The molecule has 1 atom stereocenters. The summed E-state index contributed by atoms with van der Waals surface area (Å²) < 4.78 is 0. The third-order valence-corrected chi connectivity index (χ3v) is 2.97. The molecule has 1 heterocycles. The molecule has 1 unspecified atom stereocenters. The zero-order valence-electron chi connectivity index (χ0n) is 10.6. The topological polar surface area (TPSA) is 75.4 Å². The molecule has 0 bridgehead atoms. The Morgan fingerprint density at radius 3 is 2.82 bits per heavy atom. The van der Waals surface area contributed by atoms with E-state index in [-0.39, 0.29) is 17.9 Å². The predicted octanol–water partition coefficient (Wildman–Crippen LogP) is 0.243. The highest BCUT2D eigenvalue weighted by Crippen LogP contribution is 2.11. The van der Waals surface area contributed by atoms with E-state index in [0.717, 1.165) is 25.8 Å². The van der Waals surface area contributed by atoms with E-state index < -0.39 is 0 Å². The minimum atomic E-state index is 0.0885. The lowest BCUT2D eigenvalue weighted by atomic mass is 10.0. The number of hydrogen-bond acceptors (Lipinski definition) is 3. The Morgan fingerprint density at radius 1 is 1.41 bits per heavy atom. The van der Waals surface area contributed by atoms with E-state index in [2.05, 4.69) is 5.32 Å². The van der Waals surface area contributed by atoms with Gasteiger partial charge >= 0.3 is 0 Å². The van der Waals surface area contributed by atoms with Crippen LogP contribution in [0.3, 0.4) is 0 Å². The van der Waals surface area contributed by atoms with Crippen LogP contribution in [0.2, 0.25) is 0 Å². The van der Waals surface area contributed by atoms with Gasteiger partial charge in [-0.15, -0.1) is 0 Å². The van der Waals surface area contributed by atoms with Crippen LogP contribution in [0.1, 0.15) is 39.0 Å². The zero-order chi connectivity index (χ0) is 12.7. The van der Waals surface area contributed by atoms with Crippen LogP contribution < -0.4 is 11.1 Å². The summed E-state index contributed by atoms with van der Waals surface area (Å²) in [6.07, 6.45) is 3.73. The summed E-state index contributed by atoms with van der Waals surface area (Å²) in [4.78, 5) is 25.0. The van der Waals surface area contributed by atoms with Crippen LogP contribution in [0, 0.1) is 0 Å². The van der Waals surface area contributed by atoms with Crippen molar-refractivity contribution in [1.82, 2.24) is 10.2 Å². The van der Waals surface area contributed by atoms with Crippen LogP contribution in [0.4, 0.5) is 0 Å². The first-order valence-electron chi connectivity index (χ1n) is 6.44. The van der Waals surface area contributed by atoms with Gasteiger partial charge in [-0.2, -0.15) is 0 Å². The molecule has 1 saturated heterocycles. The van der Waals surface area contributed by atoms with Gasteiger partial charge in [0.1, 0.15) is 0 Å². The fourth-order valence-electron chi connectivity index (χ4n) is 2.13. The second-order valence-electron chi connectivity index (χ2n) is 4.54. The maximum absolute atomic E-state index is 11.7. The number of likely N-dealkylation sites (tertiary alicyclic amines) is 1. The molecule has 5 heteroatoms. The summed E-state index contributed by atoms with van der Waals surface area (Å²) in [5.41, 5.74) is 5.37. The van der Waals surface area contributed by atoms with Crippen molar-refractivity contribution in [2.24, 2.45) is 5.73 Å². The first-order valence-corrected chi connectivity index (χ1v) is 6.44. The van der Waals surface area contributed by atoms with Crippen LogP contribution in [0.25, 0.3) is 0 Å². The van der Waals surface area contributed by atoms with Gasteiger partial charge in [-0.1, -0.05) is 6.92 Å². The summed E-state index contributed by atoms with van der Waals surface area (Å²) in [6, 6.07) is 0.115. The van der Waals surface area contributed by atoms with E-state index in [1.165, 1.54) is 0 Å². The summed E-state index contributed by atoms with van der Waals surface area (Å²) in [7, 11) is 0. The van der Waals surface area contributed by atoms with Crippen molar-refractivity contribution in [3.05, 3.63) is 0 Å². The van der Waals surface area contributed by atoms with Gasteiger partial charge in [0.15, 0.2) is 0 Å². The highest BCUT2D eigenvalue weighted by atomic mass is 16.2. The van der Waals surface area contributed by atoms with Crippen molar-refractivity contribution in [2.45, 2.75) is 45.1 Å². The predicted molar refractivity (Wildman–Crippen MR) is 66.3 cm³/mol. The van der Waals surface area contributed by atoms with Crippen molar-refractivity contribution in [3.63, 3.8) is 0 Å². The van der Waals surface area contributed by atoms with E-state index in [1.54, 1.807) is 0 Å². The number of nitrogens with one attached hydrogen (secondary N) is 1. The lowest BCUT2D eigenvalue weighted by Crippen LogP contribution is -2.49. The Kier molecular flexibility index (Phi) is 5.97. The third kappa shape index (κ3) is 4.73. The fourth-order valence-corrected chi connectivity index (χ4v) is 2.13. The Hall–Kier alpha value is -1.10. The highest BCUT2D eigenvalue weighted by molar-refractivity contribution is 5.77. The standard InChI is InChI=1S/C12H23N3O2/c1-2-4-11(16)14-10-5-3-8-15(9-10)12(17)6-7-13/h10H,2-9,13H2,1H3,(H,14,16). The minimum absolute atomic E-state index is 0.0885. The largest absolute Gasteiger partial charge is 0.352 e. The normalized spacial score (nSPS) is 20.1. The Balaban J connectivity index is 2.38. The molecule has 1 aliphatic rings.